The molecule has 0 heterocycles. The lowest BCUT2D eigenvalue weighted by atomic mass is 10.2. The van der Waals surface area contributed by atoms with Gasteiger partial charge in [0, 0.05) is 6.42 Å². The molecule has 0 aliphatic heterocycles. The largest absolute Gasteiger partial charge is 0.464 e. The van der Waals surface area contributed by atoms with E-state index in [1.165, 1.54) is 0 Å². The van der Waals surface area contributed by atoms with Crippen molar-refractivity contribution in [3.63, 3.8) is 0 Å². The van der Waals surface area contributed by atoms with Gasteiger partial charge in [0.05, 0.1) is 12.6 Å². The van der Waals surface area contributed by atoms with Crippen molar-refractivity contribution in [1.82, 2.24) is 0 Å². The van der Waals surface area contributed by atoms with Gasteiger partial charge in [-0.3, -0.25) is 4.79 Å². The summed E-state index contributed by atoms with van der Waals surface area (Å²) in [6.45, 7) is 2.05. The number of unbranched alkanes of at least 4 members (excludes halogenated alkanes) is 1. The molecule has 0 radical (unpaired) electrons. The van der Waals surface area contributed by atoms with E-state index in [-0.39, 0.29) is 19.2 Å². The van der Waals surface area contributed by atoms with Crippen LogP contribution in [0.2, 0.25) is 0 Å². The Morgan fingerprint density at radius 1 is 0.889 bits per heavy atom. The number of nitrogens with two attached hydrogens (primary N) is 1. The fourth-order valence-corrected chi connectivity index (χ4v) is 2.06. The van der Waals surface area contributed by atoms with Crippen LogP contribution in [-0.2, 0) is 9.53 Å². The van der Waals surface area contributed by atoms with E-state index in [2.05, 4.69) is 67.7 Å². The summed E-state index contributed by atoms with van der Waals surface area (Å²) in [4.78, 5) is 11.4. The van der Waals surface area contributed by atoms with E-state index in [4.69, 9.17) is 15.6 Å². The number of carbonyl (C=O) groups is 1. The molecule has 0 saturated carbocycles. The van der Waals surface area contributed by atoms with Crippen molar-refractivity contribution in [2.45, 2.75) is 64.3 Å². The van der Waals surface area contributed by atoms with E-state index in [1.54, 1.807) is 0 Å². The first-order valence-electron chi connectivity index (χ1n) is 9.97. The maximum absolute atomic E-state index is 11.4. The molecule has 0 aromatic heterocycles. The molecule has 0 aliphatic rings. The zero-order valence-electron chi connectivity index (χ0n) is 16.8. The lowest BCUT2D eigenvalue weighted by molar-refractivity contribution is -0.144. The van der Waals surface area contributed by atoms with Crippen LogP contribution in [0.25, 0.3) is 0 Å². The predicted octanol–water partition coefficient (Wildman–Crippen LogP) is 4.77. The van der Waals surface area contributed by atoms with Gasteiger partial charge in [0.15, 0.2) is 0 Å². The molecule has 0 spiro atoms. The summed E-state index contributed by atoms with van der Waals surface area (Å²) in [7, 11) is 0. The highest BCUT2D eigenvalue weighted by Gasteiger charge is 2.05. The van der Waals surface area contributed by atoms with Gasteiger partial charge < -0.3 is 15.6 Å². The van der Waals surface area contributed by atoms with Crippen molar-refractivity contribution in [3.05, 3.63) is 60.8 Å². The summed E-state index contributed by atoms with van der Waals surface area (Å²) in [6, 6.07) is -0.486. The summed E-state index contributed by atoms with van der Waals surface area (Å²) >= 11 is 0. The molecule has 0 aromatic carbocycles. The Hall–Kier alpha value is -1.91. The molecular formula is C23H37NO3. The Balaban J connectivity index is 3.53. The van der Waals surface area contributed by atoms with Gasteiger partial charge in [-0.05, 0) is 44.9 Å². The van der Waals surface area contributed by atoms with Crippen LogP contribution in [0, 0.1) is 0 Å². The maximum atomic E-state index is 11.4. The summed E-state index contributed by atoms with van der Waals surface area (Å²) in [6.07, 6.45) is 28.6. The Labute approximate surface area is 165 Å². The molecule has 0 fully saturated rings. The summed E-state index contributed by atoms with van der Waals surface area (Å²) in [5.74, 6) is -0.258. The number of allylic oxidation sites excluding steroid dienone is 10. The highest BCUT2D eigenvalue weighted by Crippen LogP contribution is 2.01. The molecule has 0 saturated heterocycles. The molecule has 0 aromatic rings. The molecule has 1 unspecified atom stereocenters. The van der Waals surface area contributed by atoms with Gasteiger partial charge in [0.2, 0.25) is 0 Å². The number of aliphatic hydroxyl groups is 1. The van der Waals surface area contributed by atoms with Crippen LogP contribution in [0.3, 0.4) is 0 Å². The van der Waals surface area contributed by atoms with E-state index in [0.29, 0.717) is 6.42 Å². The Morgan fingerprint density at radius 3 is 1.85 bits per heavy atom. The fourth-order valence-electron chi connectivity index (χ4n) is 2.06. The zero-order chi connectivity index (χ0) is 20.0. The third kappa shape index (κ3) is 20.3. The summed E-state index contributed by atoms with van der Waals surface area (Å²) in [5.41, 5.74) is 5.46. The molecular weight excluding hydrogens is 338 g/mol. The first-order chi connectivity index (χ1) is 13.2. The smallest absolute Gasteiger partial charge is 0.305 e. The Morgan fingerprint density at radius 2 is 1.37 bits per heavy atom. The molecule has 152 valence electrons. The van der Waals surface area contributed by atoms with Crippen LogP contribution < -0.4 is 5.73 Å². The maximum Gasteiger partial charge on any atom is 0.305 e. The van der Waals surface area contributed by atoms with E-state index >= 15 is 0 Å². The average Bonchev–Trinajstić information content (AvgIpc) is 2.68. The quantitative estimate of drug-likeness (QED) is 0.231. The molecule has 3 N–H and O–H groups in total. The van der Waals surface area contributed by atoms with Crippen molar-refractivity contribution < 1.29 is 14.6 Å². The first-order valence-corrected chi connectivity index (χ1v) is 9.97. The van der Waals surface area contributed by atoms with Gasteiger partial charge in [-0.2, -0.15) is 0 Å². The molecule has 0 amide bonds. The topological polar surface area (TPSA) is 72.5 Å². The number of rotatable bonds is 16. The standard InChI is InChI=1S/C23H37NO3/c1-2-3-4-5-6-7-8-9-10-11-12-13-14-15-16-17-18-19-23(26)27-21-22(24)20-25/h3-4,6-7,9-10,12-13,15-16,22,25H,2,5,8,11,14,17-21,24H2,1H3. The lowest BCUT2D eigenvalue weighted by Crippen LogP contribution is -2.31. The second-order valence-corrected chi connectivity index (χ2v) is 6.23. The number of hydrogen-bond donors (Lipinski definition) is 2. The van der Waals surface area contributed by atoms with Gasteiger partial charge in [-0.1, -0.05) is 67.7 Å². The number of esters is 1. The Kier molecular flexibility index (Phi) is 19.0. The highest BCUT2D eigenvalue weighted by atomic mass is 16.5. The number of ether oxygens (including phenoxy) is 1. The molecule has 0 aliphatic carbocycles. The van der Waals surface area contributed by atoms with E-state index in [1.807, 2.05) is 0 Å². The zero-order valence-corrected chi connectivity index (χ0v) is 16.8. The molecule has 1 atom stereocenters. The monoisotopic (exact) mass is 375 g/mol. The predicted molar refractivity (Wildman–Crippen MR) is 114 cm³/mol. The van der Waals surface area contributed by atoms with Gasteiger partial charge >= 0.3 is 5.97 Å². The summed E-state index contributed by atoms with van der Waals surface area (Å²) < 4.78 is 4.95. The minimum Gasteiger partial charge on any atom is -0.464 e. The minimum absolute atomic E-state index is 0.0804. The van der Waals surface area contributed by atoms with Gasteiger partial charge in [0.1, 0.15) is 6.61 Å². The van der Waals surface area contributed by atoms with E-state index < -0.39 is 6.04 Å². The van der Waals surface area contributed by atoms with Crippen LogP contribution in [0.1, 0.15) is 58.3 Å². The second-order valence-electron chi connectivity index (χ2n) is 6.23. The average molecular weight is 376 g/mol. The van der Waals surface area contributed by atoms with Crippen molar-refractivity contribution in [2.24, 2.45) is 5.73 Å². The van der Waals surface area contributed by atoms with Gasteiger partial charge in [0.25, 0.3) is 0 Å². The number of aliphatic hydroxyl groups excluding tert-OH is 1. The van der Waals surface area contributed by atoms with Crippen LogP contribution in [0.4, 0.5) is 0 Å². The lowest BCUT2D eigenvalue weighted by Gasteiger charge is -2.08. The minimum atomic E-state index is -0.486. The van der Waals surface area contributed by atoms with Crippen molar-refractivity contribution in [1.29, 1.82) is 0 Å². The third-order valence-corrected chi connectivity index (χ3v) is 3.60. The molecule has 0 rings (SSSR count). The van der Waals surface area contributed by atoms with E-state index in [9.17, 15) is 4.79 Å². The van der Waals surface area contributed by atoms with Crippen LogP contribution in [0.15, 0.2) is 60.8 Å². The summed E-state index contributed by atoms with van der Waals surface area (Å²) in [5, 5.41) is 8.74. The third-order valence-electron chi connectivity index (χ3n) is 3.60. The first kappa shape index (κ1) is 25.1. The van der Waals surface area contributed by atoms with Crippen LogP contribution in [-0.4, -0.2) is 30.3 Å². The highest BCUT2D eigenvalue weighted by molar-refractivity contribution is 5.69. The van der Waals surface area contributed by atoms with Crippen molar-refractivity contribution in [3.8, 4) is 0 Å². The van der Waals surface area contributed by atoms with Crippen molar-refractivity contribution >= 4 is 5.97 Å². The fraction of sp³-hybridized carbons (Fsp3) is 0.522. The molecule has 4 heteroatoms. The van der Waals surface area contributed by atoms with Crippen molar-refractivity contribution in [2.75, 3.05) is 13.2 Å². The second kappa shape index (κ2) is 20.4. The Bertz CT molecular complexity index is 490. The normalized spacial score (nSPS) is 13.7. The molecule has 27 heavy (non-hydrogen) atoms. The van der Waals surface area contributed by atoms with Crippen LogP contribution in [0.5, 0.6) is 0 Å². The number of carbonyl (C=O) groups excluding carboxylic acids is 1. The van der Waals surface area contributed by atoms with E-state index in [0.717, 1.165) is 44.9 Å². The van der Waals surface area contributed by atoms with Crippen LogP contribution >= 0.6 is 0 Å². The van der Waals surface area contributed by atoms with Gasteiger partial charge in [-0.25, -0.2) is 0 Å². The molecule has 4 nitrogen and oxygen atoms in total. The SMILES string of the molecule is CCC=CCC=CCC=CCC=CCC=CCCCC(=O)OCC(N)CO. The molecule has 0 bridgehead atoms. The number of hydrogen-bond acceptors (Lipinski definition) is 4. The van der Waals surface area contributed by atoms with Gasteiger partial charge in [-0.15, -0.1) is 0 Å².